The van der Waals surface area contributed by atoms with Crippen LogP contribution in [0, 0.1) is 0 Å². The number of anilines is 1. The smallest absolute Gasteiger partial charge is 0.259 e. The summed E-state index contributed by atoms with van der Waals surface area (Å²) in [5, 5.41) is 3.11. The first kappa shape index (κ1) is 24.2. The van der Waals surface area contributed by atoms with E-state index in [0.29, 0.717) is 18.5 Å². The van der Waals surface area contributed by atoms with Crippen molar-refractivity contribution in [2.75, 3.05) is 44.2 Å². The third kappa shape index (κ3) is 5.66. The quantitative estimate of drug-likeness (QED) is 0.499. The SMILES string of the molecule is O=C(NCCCN1CCN(Cc2ccccc2)CC1)[C@@H]1Cc2ccccc2N1C(=O)c1ccccc1. The van der Waals surface area contributed by atoms with Gasteiger partial charge in [-0.3, -0.25) is 19.4 Å². The summed E-state index contributed by atoms with van der Waals surface area (Å²) in [6, 6.07) is 27.1. The van der Waals surface area contributed by atoms with Gasteiger partial charge in [-0.2, -0.15) is 0 Å². The number of carbonyl (C=O) groups is 2. The Labute approximate surface area is 213 Å². The van der Waals surface area contributed by atoms with E-state index < -0.39 is 6.04 Å². The second kappa shape index (κ2) is 11.5. The predicted molar refractivity (Wildman–Crippen MR) is 143 cm³/mol. The largest absolute Gasteiger partial charge is 0.354 e. The molecular formula is C30H34N4O2. The van der Waals surface area contributed by atoms with Crippen LogP contribution in [0.1, 0.15) is 27.9 Å². The van der Waals surface area contributed by atoms with Gasteiger partial charge in [0, 0.05) is 56.9 Å². The molecule has 0 aliphatic carbocycles. The molecule has 1 N–H and O–H groups in total. The van der Waals surface area contributed by atoms with Gasteiger partial charge < -0.3 is 10.2 Å². The lowest BCUT2D eigenvalue weighted by Crippen LogP contribution is -2.49. The topological polar surface area (TPSA) is 55.9 Å². The Morgan fingerprint density at radius 3 is 2.17 bits per heavy atom. The summed E-state index contributed by atoms with van der Waals surface area (Å²) < 4.78 is 0. The van der Waals surface area contributed by atoms with Gasteiger partial charge in [-0.15, -0.1) is 0 Å². The van der Waals surface area contributed by atoms with Crippen LogP contribution in [-0.4, -0.2) is 66.9 Å². The molecule has 6 heteroatoms. The minimum atomic E-state index is -0.517. The summed E-state index contributed by atoms with van der Waals surface area (Å²) in [4.78, 5) is 33.2. The Balaban J connectivity index is 1.10. The van der Waals surface area contributed by atoms with E-state index in [-0.39, 0.29) is 11.8 Å². The summed E-state index contributed by atoms with van der Waals surface area (Å²) in [7, 11) is 0. The molecule has 0 unspecified atom stereocenters. The van der Waals surface area contributed by atoms with Crippen molar-refractivity contribution in [2.45, 2.75) is 25.4 Å². The number of nitrogens with one attached hydrogen (secondary N) is 1. The number of nitrogens with zero attached hydrogens (tertiary/aromatic N) is 3. The van der Waals surface area contributed by atoms with Gasteiger partial charge in [0.2, 0.25) is 5.91 Å². The summed E-state index contributed by atoms with van der Waals surface area (Å²) >= 11 is 0. The van der Waals surface area contributed by atoms with Gasteiger partial charge in [-0.05, 0) is 42.3 Å². The number of benzene rings is 3. The lowest BCUT2D eigenvalue weighted by Gasteiger charge is -2.34. The van der Waals surface area contributed by atoms with Crippen LogP contribution in [0.15, 0.2) is 84.9 Å². The van der Waals surface area contributed by atoms with Gasteiger partial charge in [0.1, 0.15) is 6.04 Å². The van der Waals surface area contributed by atoms with Crippen LogP contribution in [0.2, 0.25) is 0 Å². The Kier molecular flexibility index (Phi) is 7.74. The van der Waals surface area contributed by atoms with Gasteiger partial charge in [0.15, 0.2) is 0 Å². The average Bonchev–Trinajstić information content (AvgIpc) is 3.32. The first-order chi connectivity index (χ1) is 17.7. The van der Waals surface area contributed by atoms with E-state index in [0.717, 1.165) is 56.9 Å². The molecule has 2 heterocycles. The molecule has 2 amide bonds. The van der Waals surface area contributed by atoms with Crippen LogP contribution in [0.5, 0.6) is 0 Å². The van der Waals surface area contributed by atoms with Crippen molar-refractivity contribution in [2.24, 2.45) is 0 Å². The molecule has 2 aliphatic rings. The van der Waals surface area contributed by atoms with Crippen LogP contribution >= 0.6 is 0 Å². The Hall–Kier alpha value is -3.48. The van der Waals surface area contributed by atoms with E-state index in [4.69, 9.17) is 0 Å². The maximum atomic E-state index is 13.3. The maximum Gasteiger partial charge on any atom is 0.259 e. The second-order valence-corrected chi connectivity index (χ2v) is 9.64. The first-order valence-electron chi connectivity index (χ1n) is 12.9. The zero-order valence-corrected chi connectivity index (χ0v) is 20.7. The van der Waals surface area contributed by atoms with Gasteiger partial charge in [-0.1, -0.05) is 66.7 Å². The first-order valence-corrected chi connectivity index (χ1v) is 12.9. The molecule has 186 valence electrons. The molecule has 6 nitrogen and oxygen atoms in total. The van der Waals surface area contributed by atoms with Gasteiger partial charge in [-0.25, -0.2) is 0 Å². The van der Waals surface area contributed by atoms with Crippen LogP contribution in [0.25, 0.3) is 0 Å². The summed E-state index contributed by atoms with van der Waals surface area (Å²) in [5.41, 5.74) is 3.83. The molecule has 3 aromatic rings. The number of amides is 2. The fraction of sp³-hybridized carbons (Fsp3) is 0.333. The van der Waals surface area contributed by atoms with Crippen LogP contribution in [0.3, 0.4) is 0 Å². The molecule has 1 atom stereocenters. The molecule has 0 spiro atoms. The lowest BCUT2D eigenvalue weighted by molar-refractivity contribution is -0.122. The van der Waals surface area contributed by atoms with E-state index in [2.05, 4.69) is 45.4 Å². The molecule has 0 aromatic heterocycles. The van der Waals surface area contributed by atoms with Crippen molar-refractivity contribution >= 4 is 17.5 Å². The Bertz CT molecular complexity index is 1160. The highest BCUT2D eigenvalue weighted by molar-refractivity contribution is 6.11. The highest BCUT2D eigenvalue weighted by Gasteiger charge is 2.38. The van der Waals surface area contributed by atoms with E-state index in [1.807, 2.05) is 42.5 Å². The van der Waals surface area contributed by atoms with Crippen LogP contribution < -0.4 is 10.2 Å². The predicted octanol–water partition coefficient (Wildman–Crippen LogP) is 3.58. The summed E-state index contributed by atoms with van der Waals surface area (Å²) in [6.07, 6.45) is 1.45. The number of piperazine rings is 1. The normalized spacial score (nSPS) is 18.1. The van der Waals surface area contributed by atoms with E-state index in [1.165, 1.54) is 5.56 Å². The van der Waals surface area contributed by atoms with Crippen LogP contribution in [0.4, 0.5) is 5.69 Å². The molecule has 5 rings (SSSR count). The molecule has 36 heavy (non-hydrogen) atoms. The fourth-order valence-electron chi connectivity index (χ4n) is 5.21. The van der Waals surface area contributed by atoms with E-state index >= 15 is 0 Å². The molecule has 2 aliphatic heterocycles. The monoisotopic (exact) mass is 482 g/mol. The molecule has 1 saturated heterocycles. The molecule has 1 fully saturated rings. The Morgan fingerprint density at radius 2 is 1.42 bits per heavy atom. The highest BCUT2D eigenvalue weighted by Crippen LogP contribution is 2.33. The number of hydrogen-bond donors (Lipinski definition) is 1. The standard InChI is InChI=1S/C30H34N4O2/c35-29(31-16-9-17-32-18-20-33(21-19-32)23-24-10-3-1-4-11-24)28-22-26-14-7-8-15-27(26)34(28)30(36)25-12-5-2-6-13-25/h1-8,10-15,28H,9,16-23H2,(H,31,35)/t28-/m0/s1. The van der Waals surface area contributed by atoms with Crippen molar-refractivity contribution in [1.29, 1.82) is 0 Å². The number of carbonyl (C=O) groups excluding carboxylic acids is 2. The molecule has 0 radical (unpaired) electrons. The van der Waals surface area contributed by atoms with Gasteiger partial charge >= 0.3 is 0 Å². The average molecular weight is 483 g/mol. The van der Waals surface area contributed by atoms with Crippen LogP contribution in [-0.2, 0) is 17.8 Å². The zero-order valence-electron chi connectivity index (χ0n) is 20.7. The Morgan fingerprint density at radius 1 is 0.778 bits per heavy atom. The minimum Gasteiger partial charge on any atom is -0.354 e. The van der Waals surface area contributed by atoms with Gasteiger partial charge in [0.05, 0.1) is 0 Å². The minimum absolute atomic E-state index is 0.0804. The summed E-state index contributed by atoms with van der Waals surface area (Å²) in [6.45, 7) is 6.83. The molecule has 3 aromatic carbocycles. The third-order valence-corrected chi connectivity index (χ3v) is 7.18. The lowest BCUT2D eigenvalue weighted by atomic mass is 10.1. The van der Waals surface area contributed by atoms with Crippen molar-refractivity contribution in [1.82, 2.24) is 15.1 Å². The van der Waals surface area contributed by atoms with E-state index in [9.17, 15) is 9.59 Å². The second-order valence-electron chi connectivity index (χ2n) is 9.64. The third-order valence-electron chi connectivity index (χ3n) is 7.18. The van der Waals surface area contributed by atoms with Crippen molar-refractivity contribution in [3.63, 3.8) is 0 Å². The van der Waals surface area contributed by atoms with Gasteiger partial charge in [0.25, 0.3) is 5.91 Å². The number of fused-ring (bicyclic) bond motifs is 1. The number of rotatable bonds is 8. The molecule has 0 saturated carbocycles. The molecular weight excluding hydrogens is 448 g/mol. The maximum absolute atomic E-state index is 13.3. The summed E-state index contributed by atoms with van der Waals surface area (Å²) in [5.74, 6) is -0.211. The van der Waals surface area contributed by atoms with E-state index in [1.54, 1.807) is 17.0 Å². The van der Waals surface area contributed by atoms with Crippen molar-refractivity contribution in [3.8, 4) is 0 Å². The van der Waals surface area contributed by atoms with Crippen molar-refractivity contribution in [3.05, 3.63) is 102 Å². The van der Waals surface area contributed by atoms with Crippen molar-refractivity contribution < 1.29 is 9.59 Å². The number of hydrogen-bond acceptors (Lipinski definition) is 4. The molecule has 0 bridgehead atoms. The highest BCUT2D eigenvalue weighted by atomic mass is 16.2. The zero-order chi connectivity index (χ0) is 24.7. The fourth-order valence-corrected chi connectivity index (χ4v) is 5.21. The number of para-hydroxylation sites is 1.